The third-order valence-corrected chi connectivity index (χ3v) is 4.92. The van der Waals surface area contributed by atoms with Gasteiger partial charge < -0.3 is 10.4 Å². The van der Waals surface area contributed by atoms with Crippen LogP contribution in [0.1, 0.15) is 41.4 Å². The monoisotopic (exact) mass is 369 g/mol. The Morgan fingerprint density at radius 1 is 1.29 bits per heavy atom. The molecule has 1 aromatic heterocycles. The minimum Gasteiger partial charge on any atom is -0.394 e. The molecule has 1 aromatic carbocycles. The molecule has 2 aromatic rings. The Labute approximate surface area is 154 Å². The average Bonchev–Trinajstić information content (AvgIpc) is 3.32. The molecule has 6 heteroatoms. The number of aromatic nitrogens is 2. The molecule has 1 saturated carbocycles. The van der Waals surface area contributed by atoms with Crippen molar-refractivity contribution < 1.29 is 5.11 Å². The van der Waals surface area contributed by atoms with Crippen molar-refractivity contribution >= 4 is 24.0 Å². The number of aliphatic hydroxyl groups is 1. The molecular weight excluding hydrogens is 345 g/mol. The minimum absolute atomic E-state index is 0. The van der Waals surface area contributed by atoms with Crippen LogP contribution in [0.15, 0.2) is 24.3 Å². The molecule has 24 heavy (non-hydrogen) atoms. The lowest BCUT2D eigenvalue weighted by molar-refractivity contribution is 0.267. The zero-order valence-corrected chi connectivity index (χ0v) is 15.7. The van der Waals surface area contributed by atoms with Gasteiger partial charge in [-0.3, -0.25) is 4.68 Å². The Balaban J connectivity index is 0.00000208. The number of aliphatic hydroxyl groups excluding tert-OH is 1. The van der Waals surface area contributed by atoms with Crippen molar-refractivity contribution in [1.82, 2.24) is 15.1 Å². The van der Waals surface area contributed by atoms with Gasteiger partial charge in [0.1, 0.15) is 0 Å². The lowest BCUT2D eigenvalue weighted by Gasteiger charge is -2.19. The van der Waals surface area contributed by atoms with Gasteiger partial charge in [-0.2, -0.15) is 5.10 Å². The van der Waals surface area contributed by atoms with Crippen molar-refractivity contribution in [3.05, 3.63) is 51.8 Å². The molecular formula is C18H25Cl2N3O. The van der Waals surface area contributed by atoms with E-state index in [-0.39, 0.29) is 19.0 Å². The van der Waals surface area contributed by atoms with E-state index in [4.69, 9.17) is 16.7 Å². The quantitative estimate of drug-likeness (QED) is 0.779. The van der Waals surface area contributed by atoms with Crippen molar-refractivity contribution in [2.24, 2.45) is 5.92 Å². The Bertz CT molecular complexity index is 666. The molecule has 0 saturated heterocycles. The van der Waals surface area contributed by atoms with Crippen LogP contribution in [0.4, 0.5) is 0 Å². The van der Waals surface area contributed by atoms with Gasteiger partial charge in [0.15, 0.2) is 0 Å². The first-order valence-electron chi connectivity index (χ1n) is 8.22. The summed E-state index contributed by atoms with van der Waals surface area (Å²) in [5.41, 5.74) is 4.71. The molecule has 1 heterocycles. The summed E-state index contributed by atoms with van der Waals surface area (Å²) >= 11 is 6.01. The summed E-state index contributed by atoms with van der Waals surface area (Å²) in [6, 6.07) is 8.53. The van der Waals surface area contributed by atoms with Gasteiger partial charge in [0.2, 0.25) is 0 Å². The molecule has 1 atom stereocenters. The highest BCUT2D eigenvalue weighted by molar-refractivity contribution is 6.30. The van der Waals surface area contributed by atoms with Crippen molar-refractivity contribution in [2.45, 2.75) is 45.8 Å². The molecule has 0 spiro atoms. The highest BCUT2D eigenvalue weighted by atomic mass is 35.5. The molecule has 1 unspecified atom stereocenters. The predicted molar refractivity (Wildman–Crippen MR) is 99.8 cm³/mol. The highest BCUT2D eigenvalue weighted by Gasteiger charge is 2.32. The Morgan fingerprint density at radius 2 is 1.96 bits per heavy atom. The van der Waals surface area contributed by atoms with Crippen LogP contribution in [0.25, 0.3) is 0 Å². The van der Waals surface area contributed by atoms with Gasteiger partial charge in [0.25, 0.3) is 0 Å². The first kappa shape index (κ1) is 19.3. The van der Waals surface area contributed by atoms with Crippen LogP contribution in [-0.4, -0.2) is 21.5 Å². The number of nitrogens with one attached hydrogen (secondary N) is 1. The topological polar surface area (TPSA) is 50.1 Å². The number of nitrogens with zero attached hydrogens (tertiary/aromatic N) is 2. The number of hydrogen-bond donors (Lipinski definition) is 2. The average molecular weight is 370 g/mol. The molecule has 4 nitrogen and oxygen atoms in total. The highest BCUT2D eigenvalue weighted by Crippen LogP contribution is 2.41. The third kappa shape index (κ3) is 4.31. The molecule has 0 radical (unpaired) electrons. The molecule has 1 aliphatic carbocycles. The Morgan fingerprint density at radius 3 is 2.54 bits per heavy atom. The van der Waals surface area contributed by atoms with Crippen LogP contribution >= 0.6 is 24.0 Å². The van der Waals surface area contributed by atoms with Crippen LogP contribution in [0, 0.1) is 19.8 Å². The van der Waals surface area contributed by atoms with Crippen LogP contribution in [0.5, 0.6) is 0 Å². The summed E-state index contributed by atoms with van der Waals surface area (Å²) < 4.78 is 1.89. The van der Waals surface area contributed by atoms with Gasteiger partial charge in [-0.15, -0.1) is 12.4 Å². The minimum atomic E-state index is 0. The molecule has 2 N–H and O–H groups in total. The summed E-state index contributed by atoms with van der Waals surface area (Å²) in [5, 5.41) is 18.1. The van der Waals surface area contributed by atoms with Gasteiger partial charge in [-0.1, -0.05) is 23.7 Å². The van der Waals surface area contributed by atoms with Crippen molar-refractivity contribution in [2.75, 3.05) is 6.61 Å². The van der Waals surface area contributed by atoms with Gasteiger partial charge in [0.05, 0.1) is 18.8 Å². The number of rotatable bonds is 7. The molecule has 132 valence electrons. The second-order valence-electron chi connectivity index (χ2n) is 6.34. The van der Waals surface area contributed by atoms with E-state index in [2.05, 4.69) is 29.5 Å². The molecule has 1 aliphatic rings. The van der Waals surface area contributed by atoms with E-state index in [0.717, 1.165) is 23.0 Å². The maximum Gasteiger partial charge on any atom is 0.0644 e. The second kappa shape index (κ2) is 8.34. The van der Waals surface area contributed by atoms with E-state index in [1.54, 1.807) is 0 Å². The van der Waals surface area contributed by atoms with Crippen LogP contribution < -0.4 is 5.32 Å². The van der Waals surface area contributed by atoms with Crippen molar-refractivity contribution in [1.29, 1.82) is 0 Å². The van der Waals surface area contributed by atoms with E-state index in [1.807, 2.05) is 23.7 Å². The molecule has 0 amide bonds. The van der Waals surface area contributed by atoms with Crippen LogP contribution in [0.3, 0.4) is 0 Å². The summed E-state index contributed by atoms with van der Waals surface area (Å²) in [6.07, 6.45) is 2.56. The normalized spacial score (nSPS) is 15.2. The summed E-state index contributed by atoms with van der Waals surface area (Å²) in [5.74, 6) is 0.712. The lowest BCUT2D eigenvalue weighted by atomic mass is 10.0. The fourth-order valence-corrected chi connectivity index (χ4v) is 3.30. The molecule has 0 aliphatic heterocycles. The Hall–Kier alpha value is -1.07. The number of halogens is 2. The molecule has 1 fully saturated rings. The van der Waals surface area contributed by atoms with Gasteiger partial charge >= 0.3 is 0 Å². The first-order valence-corrected chi connectivity index (χ1v) is 8.60. The van der Waals surface area contributed by atoms with Gasteiger partial charge in [0, 0.05) is 28.9 Å². The van der Waals surface area contributed by atoms with Crippen LogP contribution in [0.2, 0.25) is 5.02 Å². The smallest absolute Gasteiger partial charge is 0.0644 e. The van der Waals surface area contributed by atoms with E-state index in [0.29, 0.717) is 18.5 Å². The zero-order valence-electron chi connectivity index (χ0n) is 14.1. The lowest BCUT2D eigenvalue weighted by Crippen LogP contribution is -2.23. The second-order valence-corrected chi connectivity index (χ2v) is 6.78. The largest absolute Gasteiger partial charge is 0.394 e. The van der Waals surface area contributed by atoms with E-state index < -0.39 is 0 Å². The van der Waals surface area contributed by atoms with Gasteiger partial charge in [-0.05, 0) is 50.3 Å². The summed E-state index contributed by atoms with van der Waals surface area (Å²) in [6.45, 7) is 5.57. The van der Waals surface area contributed by atoms with E-state index in [1.165, 1.54) is 24.0 Å². The Kier molecular flexibility index (Phi) is 6.70. The zero-order chi connectivity index (χ0) is 16.4. The fourth-order valence-electron chi connectivity index (χ4n) is 3.17. The maximum atomic E-state index is 9.13. The molecule has 0 bridgehead atoms. The predicted octanol–water partition coefficient (Wildman–Crippen LogP) is 3.81. The number of hydrogen-bond acceptors (Lipinski definition) is 3. The SMILES string of the molecule is Cc1nn(CCO)c(C)c1CNC(c1ccc(Cl)cc1)C1CC1.Cl. The van der Waals surface area contributed by atoms with Crippen LogP contribution in [-0.2, 0) is 13.1 Å². The fraction of sp³-hybridized carbons (Fsp3) is 0.500. The van der Waals surface area contributed by atoms with E-state index in [9.17, 15) is 0 Å². The number of aryl methyl sites for hydroxylation is 1. The summed E-state index contributed by atoms with van der Waals surface area (Å²) in [4.78, 5) is 0. The van der Waals surface area contributed by atoms with Crippen molar-refractivity contribution in [3.63, 3.8) is 0 Å². The maximum absolute atomic E-state index is 9.13. The standard InChI is InChI=1S/C18H24ClN3O.ClH/c1-12-17(13(2)22(21-12)9-10-23)11-20-18(14-3-4-14)15-5-7-16(19)8-6-15;/h5-8,14,18,20,23H,3-4,9-11H2,1-2H3;1H. The molecule has 3 rings (SSSR count). The third-order valence-electron chi connectivity index (χ3n) is 4.66. The van der Waals surface area contributed by atoms with E-state index >= 15 is 0 Å². The first-order chi connectivity index (χ1) is 11.1. The number of benzene rings is 1. The van der Waals surface area contributed by atoms with Gasteiger partial charge in [-0.25, -0.2) is 0 Å². The van der Waals surface area contributed by atoms with Crippen molar-refractivity contribution in [3.8, 4) is 0 Å². The summed E-state index contributed by atoms with van der Waals surface area (Å²) in [7, 11) is 0.